The lowest BCUT2D eigenvalue weighted by Gasteiger charge is -2.10. The van der Waals surface area contributed by atoms with Gasteiger partial charge >= 0.3 is 0 Å². The van der Waals surface area contributed by atoms with Gasteiger partial charge in [-0.3, -0.25) is 14.4 Å². The van der Waals surface area contributed by atoms with Gasteiger partial charge in [-0.05, 0) is 32.1 Å². The van der Waals surface area contributed by atoms with Gasteiger partial charge in [0.15, 0.2) is 0 Å². The van der Waals surface area contributed by atoms with Crippen LogP contribution in [-0.4, -0.2) is 30.7 Å². The zero-order valence-electron chi connectivity index (χ0n) is 13.8. The second-order valence-corrected chi connectivity index (χ2v) is 6.07. The SMILES string of the molecule is CCCCC(=O)C1CCCCNC1=O.O=C1CCCCCN1. The Balaban J connectivity index is 0.000000255. The number of Topliss-reactive ketones (excluding diaryl/α,β-unsaturated/α-hetero) is 1. The molecule has 1 unspecified atom stereocenters. The number of carbonyl (C=O) groups is 3. The molecule has 0 aromatic carbocycles. The van der Waals surface area contributed by atoms with E-state index in [0.29, 0.717) is 6.42 Å². The van der Waals surface area contributed by atoms with E-state index in [1.54, 1.807) is 0 Å². The fourth-order valence-corrected chi connectivity index (χ4v) is 2.68. The molecule has 2 heterocycles. The quantitative estimate of drug-likeness (QED) is 0.783. The number of rotatable bonds is 4. The Hall–Kier alpha value is -1.39. The van der Waals surface area contributed by atoms with Crippen LogP contribution < -0.4 is 10.6 Å². The van der Waals surface area contributed by atoms with E-state index in [9.17, 15) is 14.4 Å². The highest BCUT2D eigenvalue weighted by Crippen LogP contribution is 2.16. The lowest BCUT2D eigenvalue weighted by Crippen LogP contribution is -2.33. The van der Waals surface area contributed by atoms with Gasteiger partial charge < -0.3 is 10.6 Å². The monoisotopic (exact) mass is 310 g/mol. The first-order valence-corrected chi connectivity index (χ1v) is 8.72. The summed E-state index contributed by atoms with van der Waals surface area (Å²) in [5.41, 5.74) is 0. The maximum Gasteiger partial charge on any atom is 0.230 e. The van der Waals surface area contributed by atoms with E-state index in [0.717, 1.165) is 64.5 Å². The van der Waals surface area contributed by atoms with E-state index in [-0.39, 0.29) is 23.5 Å². The third kappa shape index (κ3) is 7.57. The van der Waals surface area contributed by atoms with Crippen LogP contribution in [-0.2, 0) is 14.4 Å². The molecular formula is C17H30N2O3. The van der Waals surface area contributed by atoms with E-state index >= 15 is 0 Å². The molecule has 0 aliphatic carbocycles. The van der Waals surface area contributed by atoms with Crippen LogP contribution in [0.3, 0.4) is 0 Å². The predicted molar refractivity (Wildman–Crippen MR) is 86.4 cm³/mol. The Labute approximate surface area is 133 Å². The van der Waals surface area contributed by atoms with Crippen molar-refractivity contribution in [2.75, 3.05) is 13.1 Å². The molecule has 0 aromatic rings. The minimum atomic E-state index is -0.357. The van der Waals surface area contributed by atoms with E-state index in [1.165, 1.54) is 6.42 Å². The molecule has 126 valence electrons. The lowest BCUT2D eigenvalue weighted by molar-refractivity contribution is -0.134. The van der Waals surface area contributed by atoms with Crippen molar-refractivity contribution in [2.45, 2.75) is 71.1 Å². The third-order valence-corrected chi connectivity index (χ3v) is 4.10. The molecule has 2 aliphatic rings. The fourth-order valence-electron chi connectivity index (χ4n) is 2.68. The zero-order chi connectivity index (χ0) is 16.2. The number of carbonyl (C=O) groups excluding carboxylic acids is 3. The van der Waals surface area contributed by atoms with Gasteiger partial charge in [-0.2, -0.15) is 0 Å². The molecule has 0 spiro atoms. The first-order valence-electron chi connectivity index (χ1n) is 8.72. The van der Waals surface area contributed by atoms with Crippen LogP contribution in [0.15, 0.2) is 0 Å². The minimum absolute atomic E-state index is 0.0522. The number of amides is 2. The van der Waals surface area contributed by atoms with Crippen LogP contribution in [0.2, 0.25) is 0 Å². The van der Waals surface area contributed by atoms with Gasteiger partial charge in [-0.1, -0.05) is 26.2 Å². The molecule has 2 rings (SSSR count). The van der Waals surface area contributed by atoms with Crippen molar-refractivity contribution in [3.05, 3.63) is 0 Å². The van der Waals surface area contributed by atoms with Crippen molar-refractivity contribution in [3.8, 4) is 0 Å². The summed E-state index contributed by atoms with van der Waals surface area (Å²) in [7, 11) is 0. The van der Waals surface area contributed by atoms with Gasteiger partial charge in [-0.25, -0.2) is 0 Å². The van der Waals surface area contributed by atoms with Crippen LogP contribution in [0.5, 0.6) is 0 Å². The Morgan fingerprint density at radius 3 is 2.55 bits per heavy atom. The fraction of sp³-hybridized carbons (Fsp3) is 0.824. The first kappa shape index (κ1) is 18.7. The second kappa shape index (κ2) is 11.2. The molecule has 2 N–H and O–H groups in total. The van der Waals surface area contributed by atoms with E-state index in [1.807, 2.05) is 0 Å². The molecule has 1 atom stereocenters. The number of unbranched alkanes of at least 4 members (excludes halogenated alkanes) is 1. The molecule has 2 amide bonds. The van der Waals surface area contributed by atoms with Crippen LogP contribution in [0.4, 0.5) is 0 Å². The normalized spacial score (nSPS) is 22.3. The molecule has 5 nitrogen and oxygen atoms in total. The molecule has 0 aromatic heterocycles. The van der Waals surface area contributed by atoms with Crippen LogP contribution in [0, 0.1) is 5.92 Å². The maximum absolute atomic E-state index is 11.7. The molecule has 2 saturated heterocycles. The summed E-state index contributed by atoms with van der Waals surface area (Å²) in [5, 5.41) is 5.60. The number of hydrogen-bond acceptors (Lipinski definition) is 3. The van der Waals surface area contributed by atoms with E-state index < -0.39 is 0 Å². The first-order chi connectivity index (χ1) is 10.6. The molecular weight excluding hydrogens is 280 g/mol. The zero-order valence-corrected chi connectivity index (χ0v) is 13.8. The molecule has 0 saturated carbocycles. The van der Waals surface area contributed by atoms with Crippen molar-refractivity contribution >= 4 is 17.6 Å². The minimum Gasteiger partial charge on any atom is -0.356 e. The van der Waals surface area contributed by atoms with Crippen LogP contribution in [0.1, 0.15) is 71.1 Å². The molecule has 0 radical (unpaired) electrons. The van der Waals surface area contributed by atoms with Crippen molar-refractivity contribution in [1.82, 2.24) is 10.6 Å². The largest absolute Gasteiger partial charge is 0.356 e. The molecule has 0 bridgehead atoms. The Morgan fingerprint density at radius 1 is 1.05 bits per heavy atom. The smallest absolute Gasteiger partial charge is 0.230 e. The average Bonchev–Trinajstić information content (AvgIpc) is 2.87. The molecule has 2 aliphatic heterocycles. The average molecular weight is 310 g/mol. The van der Waals surface area contributed by atoms with Crippen molar-refractivity contribution < 1.29 is 14.4 Å². The van der Waals surface area contributed by atoms with Crippen LogP contribution in [0.25, 0.3) is 0 Å². The molecule has 2 fully saturated rings. The summed E-state index contributed by atoms with van der Waals surface area (Å²) in [4.78, 5) is 33.7. The van der Waals surface area contributed by atoms with Crippen molar-refractivity contribution in [3.63, 3.8) is 0 Å². The highest BCUT2D eigenvalue weighted by Gasteiger charge is 2.26. The predicted octanol–water partition coefficient (Wildman–Crippen LogP) is 2.34. The highest BCUT2D eigenvalue weighted by atomic mass is 16.2. The summed E-state index contributed by atoms with van der Waals surface area (Å²) in [5.74, 6) is -0.0543. The number of nitrogens with one attached hydrogen (secondary N) is 2. The summed E-state index contributed by atoms with van der Waals surface area (Å²) in [6.07, 6.45) is 9.40. The van der Waals surface area contributed by atoms with Gasteiger partial charge in [0, 0.05) is 25.9 Å². The van der Waals surface area contributed by atoms with Crippen LogP contribution >= 0.6 is 0 Å². The standard InChI is InChI=1S/C11H19NO2.C6H11NO/c1-2-3-7-10(13)9-6-4-5-8-12-11(9)14;8-6-4-2-1-3-5-7-6/h9H,2-8H2,1H3,(H,12,14);1-5H2,(H,7,8). The summed E-state index contributed by atoms with van der Waals surface area (Å²) in [6.45, 7) is 3.68. The number of ketones is 1. The summed E-state index contributed by atoms with van der Waals surface area (Å²) < 4.78 is 0. The van der Waals surface area contributed by atoms with Crippen molar-refractivity contribution in [1.29, 1.82) is 0 Å². The second-order valence-electron chi connectivity index (χ2n) is 6.07. The third-order valence-electron chi connectivity index (χ3n) is 4.10. The van der Waals surface area contributed by atoms with Crippen molar-refractivity contribution in [2.24, 2.45) is 5.92 Å². The Morgan fingerprint density at radius 2 is 1.77 bits per heavy atom. The highest BCUT2D eigenvalue weighted by molar-refractivity contribution is 6.01. The number of hydrogen-bond donors (Lipinski definition) is 2. The maximum atomic E-state index is 11.7. The van der Waals surface area contributed by atoms with E-state index in [2.05, 4.69) is 17.6 Å². The van der Waals surface area contributed by atoms with Gasteiger partial charge in [0.05, 0.1) is 5.92 Å². The molecule has 5 heteroatoms. The summed E-state index contributed by atoms with van der Waals surface area (Å²) in [6, 6.07) is 0. The van der Waals surface area contributed by atoms with Gasteiger partial charge in [0.1, 0.15) is 5.78 Å². The summed E-state index contributed by atoms with van der Waals surface area (Å²) >= 11 is 0. The van der Waals surface area contributed by atoms with Gasteiger partial charge in [-0.15, -0.1) is 0 Å². The Bertz CT molecular complexity index is 359. The Kier molecular flexibility index (Phi) is 9.51. The van der Waals surface area contributed by atoms with Gasteiger partial charge in [0.25, 0.3) is 0 Å². The lowest BCUT2D eigenvalue weighted by atomic mass is 9.94. The van der Waals surface area contributed by atoms with E-state index in [4.69, 9.17) is 0 Å². The molecule has 22 heavy (non-hydrogen) atoms. The topological polar surface area (TPSA) is 75.3 Å². The van der Waals surface area contributed by atoms with Gasteiger partial charge in [0.2, 0.25) is 11.8 Å².